The van der Waals surface area contributed by atoms with Crippen molar-refractivity contribution in [3.63, 3.8) is 0 Å². The van der Waals surface area contributed by atoms with Crippen LogP contribution in [0.25, 0.3) is 0 Å². The van der Waals surface area contributed by atoms with Crippen molar-refractivity contribution in [1.82, 2.24) is 0 Å². The average Bonchev–Trinajstić information content (AvgIpc) is 3.27. The van der Waals surface area contributed by atoms with Crippen LogP contribution < -0.4 is 0 Å². The van der Waals surface area contributed by atoms with Gasteiger partial charge in [0, 0.05) is 12.8 Å². The van der Waals surface area contributed by atoms with Crippen LogP contribution in [0.3, 0.4) is 0 Å². The molecule has 1 fully saturated rings. The summed E-state index contributed by atoms with van der Waals surface area (Å²) in [5, 5.41) is 61.7. The van der Waals surface area contributed by atoms with Crippen molar-refractivity contribution in [1.29, 1.82) is 0 Å². The fourth-order valence-electron chi connectivity index (χ4n) is 7.22. The number of phosphoric acid groups is 2. The number of carbonyl (C=O) groups is 2. The van der Waals surface area contributed by atoms with E-state index in [-0.39, 0.29) is 25.7 Å². The van der Waals surface area contributed by atoms with Gasteiger partial charge in [-0.15, -0.1) is 0 Å². The van der Waals surface area contributed by atoms with Gasteiger partial charge in [-0.05, 0) is 38.5 Å². The Morgan fingerprint density at radius 2 is 1.04 bits per heavy atom. The quantitative estimate of drug-likeness (QED) is 0.00962. The van der Waals surface area contributed by atoms with Crippen molar-refractivity contribution in [3.8, 4) is 0 Å². The Bertz CT molecular complexity index is 1520. The normalized spacial score (nSPS) is 22.7. The number of rotatable bonds is 40. The molecule has 0 aromatic heterocycles. The summed E-state index contributed by atoms with van der Waals surface area (Å²) in [6, 6.07) is 0. The molecule has 67 heavy (non-hydrogen) atoms. The van der Waals surface area contributed by atoms with Gasteiger partial charge in [0.15, 0.2) is 6.10 Å². The van der Waals surface area contributed by atoms with E-state index in [0.29, 0.717) is 12.8 Å². The summed E-state index contributed by atoms with van der Waals surface area (Å²) in [5.41, 5.74) is 0. The lowest BCUT2D eigenvalue weighted by atomic mass is 9.85. The lowest BCUT2D eigenvalue weighted by Gasteiger charge is -2.43. The van der Waals surface area contributed by atoms with Crippen molar-refractivity contribution in [3.05, 3.63) is 48.6 Å². The van der Waals surface area contributed by atoms with Gasteiger partial charge in [0.25, 0.3) is 0 Å². The third-order valence-corrected chi connectivity index (χ3v) is 12.6. The van der Waals surface area contributed by atoms with E-state index in [2.05, 4.69) is 24.4 Å². The molecule has 1 aliphatic carbocycles. The summed E-state index contributed by atoms with van der Waals surface area (Å²) < 4.78 is 49.2. The highest BCUT2D eigenvalue weighted by Gasteiger charge is 2.54. The van der Waals surface area contributed by atoms with Crippen LogP contribution in [0.2, 0.25) is 0 Å². The van der Waals surface area contributed by atoms with Crippen molar-refractivity contribution in [2.24, 2.45) is 0 Å². The molecule has 0 bridgehead atoms. The molecule has 0 radical (unpaired) electrons. The van der Waals surface area contributed by atoms with E-state index in [1.165, 1.54) is 76.7 Å². The molecular weight excluding hydrogens is 914 g/mol. The van der Waals surface area contributed by atoms with Gasteiger partial charge in [0.05, 0.1) is 18.8 Å². The Morgan fingerprint density at radius 3 is 1.60 bits per heavy atom. The highest BCUT2D eigenvalue weighted by atomic mass is 31.2. The summed E-state index contributed by atoms with van der Waals surface area (Å²) in [4.78, 5) is 54.3. The predicted octanol–water partition coefficient (Wildman–Crippen LogP) is 7.23. The largest absolute Gasteiger partial charge is 0.472 e. The molecule has 20 heteroatoms. The van der Waals surface area contributed by atoms with Crippen LogP contribution in [0.15, 0.2) is 48.6 Å². The Balaban J connectivity index is 2.70. The lowest BCUT2D eigenvalue weighted by molar-refractivity contribution is -0.216. The summed E-state index contributed by atoms with van der Waals surface area (Å²) >= 11 is 0. The highest BCUT2D eigenvalue weighted by molar-refractivity contribution is 7.47. The molecule has 0 aromatic rings. The number of phosphoric ester groups is 2. The van der Waals surface area contributed by atoms with Gasteiger partial charge >= 0.3 is 27.6 Å². The number of aliphatic hydroxyl groups is 6. The minimum absolute atomic E-state index is 0.0700. The second-order valence-electron chi connectivity index (χ2n) is 17.2. The SMILES string of the molecule is CCCCC/C=C\C[C@H](O)/C=C/C=C/C=C\[C@H](O)CCCC(=O)O[C@H](COC(=O)CCCCCCCCCCCCCCCCC)COP(=O)(O)O[C@H]1C(O)C(O)C(O)[C@@H](OP(=O)(O)O)C1O. The van der Waals surface area contributed by atoms with Crippen molar-refractivity contribution >= 4 is 27.6 Å². The number of allylic oxidation sites excluding steroid dienone is 5. The van der Waals surface area contributed by atoms with Gasteiger partial charge in [-0.3, -0.25) is 23.2 Å². The summed E-state index contributed by atoms with van der Waals surface area (Å²) in [5.74, 6) is -1.44. The van der Waals surface area contributed by atoms with Crippen LogP contribution in [-0.4, -0.2) is 125 Å². The van der Waals surface area contributed by atoms with Crippen molar-refractivity contribution in [2.75, 3.05) is 13.2 Å². The fourth-order valence-corrected chi connectivity index (χ4v) is 8.76. The number of unbranched alkanes of at least 4 members (excludes halogenated alkanes) is 17. The minimum atomic E-state index is -5.39. The Labute approximate surface area is 398 Å². The van der Waals surface area contributed by atoms with E-state index in [0.717, 1.165) is 44.9 Å². The Kier molecular flexibility index (Phi) is 35.4. The standard InChI is InChI=1S/C47H84O18P2/c1-3-5-7-9-11-12-13-14-15-16-17-18-19-21-27-33-40(50)61-35-39(36-62-67(59,60)65-47-44(54)42(52)43(53)46(45(47)55)64-66(56,57)58)63-41(51)34-28-32-38(49)31-26-23-22-25-30-37(48)29-24-20-10-8-6-4-2/h20,22-26,30-31,37-39,42-49,52-55H,3-19,21,27-29,32-36H2,1-2H3,(H,59,60)(H2,56,57,58)/b23-22+,24-20-,30-25+,31-26-/t37-,38-,39+,42?,43?,44?,45?,46+,47-/m0/s1. The lowest BCUT2D eigenvalue weighted by Crippen LogP contribution is -2.64. The molecule has 0 spiro atoms. The van der Waals surface area contributed by atoms with Gasteiger partial charge in [0.1, 0.15) is 43.2 Å². The Hall–Kier alpha value is -2.12. The molecule has 10 atom stereocenters. The zero-order valence-corrected chi connectivity index (χ0v) is 41.6. The second-order valence-corrected chi connectivity index (χ2v) is 19.8. The van der Waals surface area contributed by atoms with Crippen LogP contribution in [0.1, 0.15) is 168 Å². The van der Waals surface area contributed by atoms with E-state index in [9.17, 15) is 64.0 Å². The zero-order chi connectivity index (χ0) is 49.9. The summed E-state index contributed by atoms with van der Waals surface area (Å²) in [6.07, 6.45) is 19.6. The van der Waals surface area contributed by atoms with Gasteiger partial charge in [-0.25, -0.2) is 9.13 Å². The number of hydrogen-bond acceptors (Lipinski definition) is 15. The predicted molar refractivity (Wildman–Crippen MR) is 253 cm³/mol. The van der Waals surface area contributed by atoms with Crippen LogP contribution in [0, 0.1) is 0 Å². The molecule has 18 nitrogen and oxygen atoms in total. The molecular formula is C47H84O18P2. The first-order valence-electron chi connectivity index (χ1n) is 24.4. The van der Waals surface area contributed by atoms with Gasteiger partial charge in [0.2, 0.25) is 0 Å². The number of ether oxygens (including phenoxy) is 2. The first kappa shape index (κ1) is 62.9. The summed E-state index contributed by atoms with van der Waals surface area (Å²) in [6.45, 7) is 2.85. The molecule has 5 unspecified atom stereocenters. The molecule has 0 amide bonds. The van der Waals surface area contributed by atoms with E-state index in [4.69, 9.17) is 18.5 Å². The molecule has 0 saturated heterocycles. The number of carbonyl (C=O) groups excluding carboxylic acids is 2. The smallest absolute Gasteiger partial charge is 0.462 e. The average molecular weight is 999 g/mol. The molecule has 1 rings (SSSR count). The van der Waals surface area contributed by atoms with E-state index < -0.39 is 95.7 Å². The van der Waals surface area contributed by atoms with E-state index >= 15 is 0 Å². The molecule has 1 aliphatic rings. The molecule has 0 heterocycles. The van der Waals surface area contributed by atoms with Crippen LogP contribution in [0.4, 0.5) is 0 Å². The number of esters is 2. The monoisotopic (exact) mass is 999 g/mol. The van der Waals surface area contributed by atoms with Crippen LogP contribution in [0.5, 0.6) is 0 Å². The molecule has 9 N–H and O–H groups in total. The Morgan fingerprint density at radius 1 is 0.552 bits per heavy atom. The summed E-state index contributed by atoms with van der Waals surface area (Å²) in [7, 11) is -10.8. The first-order chi connectivity index (χ1) is 31.9. The maximum absolute atomic E-state index is 13.0. The van der Waals surface area contributed by atoms with E-state index in [1.807, 2.05) is 6.08 Å². The van der Waals surface area contributed by atoms with Crippen molar-refractivity contribution in [2.45, 2.75) is 223 Å². The van der Waals surface area contributed by atoms with E-state index in [1.54, 1.807) is 30.4 Å². The molecule has 1 saturated carbocycles. The minimum Gasteiger partial charge on any atom is -0.462 e. The topological polar surface area (TPSA) is 296 Å². The maximum Gasteiger partial charge on any atom is 0.472 e. The van der Waals surface area contributed by atoms with Gasteiger partial charge < -0.3 is 54.8 Å². The molecule has 0 aliphatic heterocycles. The maximum atomic E-state index is 13.0. The van der Waals surface area contributed by atoms with Crippen LogP contribution >= 0.6 is 15.6 Å². The third kappa shape index (κ3) is 32.4. The fraction of sp³-hybridized carbons (Fsp3) is 0.787. The second kappa shape index (κ2) is 37.7. The van der Waals surface area contributed by atoms with Crippen LogP contribution in [-0.2, 0) is 41.8 Å². The highest BCUT2D eigenvalue weighted by Crippen LogP contribution is 2.49. The van der Waals surface area contributed by atoms with Crippen molar-refractivity contribution < 1.29 is 87.1 Å². The zero-order valence-electron chi connectivity index (χ0n) is 39.8. The number of hydrogen-bond donors (Lipinski definition) is 9. The van der Waals surface area contributed by atoms with Gasteiger partial charge in [-0.1, -0.05) is 165 Å². The first-order valence-corrected chi connectivity index (χ1v) is 27.4. The molecule has 390 valence electrons. The number of aliphatic hydroxyl groups excluding tert-OH is 6. The third-order valence-electron chi connectivity index (χ3n) is 11.1. The molecule has 0 aromatic carbocycles. The van der Waals surface area contributed by atoms with Gasteiger partial charge in [-0.2, -0.15) is 0 Å².